The first-order valence-electron chi connectivity index (χ1n) is 4.28. The molecular formula is C11H20. The maximum atomic E-state index is 2.26. The number of allylic oxidation sites excluding steroid dienone is 4. The zero-order valence-electron chi connectivity index (χ0n) is 8.39. The lowest BCUT2D eigenvalue weighted by Crippen LogP contribution is -1.99. The van der Waals surface area contributed by atoms with Crippen molar-refractivity contribution in [2.45, 2.75) is 34.6 Å². The van der Waals surface area contributed by atoms with Crippen LogP contribution in [-0.2, 0) is 0 Å². The Morgan fingerprint density at radius 1 is 1.09 bits per heavy atom. The van der Waals surface area contributed by atoms with E-state index in [1.807, 2.05) is 0 Å². The molecule has 0 spiro atoms. The third kappa shape index (κ3) is 7.38. The van der Waals surface area contributed by atoms with Crippen molar-refractivity contribution in [1.82, 2.24) is 0 Å². The SMILES string of the molecule is C/C=C/C(C)/C=C/C(C)(C)C. The van der Waals surface area contributed by atoms with Gasteiger partial charge in [0.25, 0.3) is 0 Å². The van der Waals surface area contributed by atoms with Gasteiger partial charge in [0.2, 0.25) is 0 Å². The van der Waals surface area contributed by atoms with Gasteiger partial charge < -0.3 is 0 Å². The zero-order valence-corrected chi connectivity index (χ0v) is 8.39. The van der Waals surface area contributed by atoms with E-state index in [2.05, 4.69) is 58.9 Å². The third-order valence-corrected chi connectivity index (χ3v) is 1.40. The van der Waals surface area contributed by atoms with Crippen molar-refractivity contribution in [3.63, 3.8) is 0 Å². The van der Waals surface area contributed by atoms with Gasteiger partial charge in [-0.1, -0.05) is 52.0 Å². The quantitative estimate of drug-likeness (QED) is 0.528. The fourth-order valence-corrected chi connectivity index (χ4v) is 0.808. The Morgan fingerprint density at radius 2 is 1.64 bits per heavy atom. The van der Waals surface area contributed by atoms with Crippen LogP contribution in [0.25, 0.3) is 0 Å². The van der Waals surface area contributed by atoms with Crippen molar-refractivity contribution in [1.29, 1.82) is 0 Å². The molecule has 0 amide bonds. The lowest BCUT2D eigenvalue weighted by Gasteiger charge is -2.11. The molecule has 0 saturated carbocycles. The number of hydrogen-bond acceptors (Lipinski definition) is 0. The molecule has 0 heterocycles. The maximum absolute atomic E-state index is 2.26. The van der Waals surface area contributed by atoms with E-state index in [0.29, 0.717) is 11.3 Å². The molecule has 0 aliphatic carbocycles. The van der Waals surface area contributed by atoms with E-state index in [4.69, 9.17) is 0 Å². The van der Waals surface area contributed by atoms with Gasteiger partial charge in [-0.3, -0.25) is 0 Å². The Labute approximate surface area is 71.0 Å². The van der Waals surface area contributed by atoms with E-state index < -0.39 is 0 Å². The maximum Gasteiger partial charge on any atom is -0.00818 e. The average Bonchev–Trinajstić information content (AvgIpc) is 1.83. The highest BCUT2D eigenvalue weighted by Crippen LogP contribution is 2.16. The van der Waals surface area contributed by atoms with Gasteiger partial charge in [0.15, 0.2) is 0 Å². The minimum Gasteiger partial charge on any atom is -0.0911 e. The largest absolute Gasteiger partial charge is 0.0911 e. The smallest absolute Gasteiger partial charge is 0.00818 e. The van der Waals surface area contributed by atoms with E-state index in [-0.39, 0.29) is 0 Å². The van der Waals surface area contributed by atoms with Crippen LogP contribution in [0, 0.1) is 11.3 Å². The fourth-order valence-electron chi connectivity index (χ4n) is 0.808. The Hall–Kier alpha value is -0.520. The molecule has 0 aromatic rings. The Kier molecular flexibility index (Phi) is 4.17. The van der Waals surface area contributed by atoms with Gasteiger partial charge in [-0.2, -0.15) is 0 Å². The van der Waals surface area contributed by atoms with Crippen LogP contribution in [0.15, 0.2) is 24.3 Å². The van der Waals surface area contributed by atoms with Gasteiger partial charge in [-0.15, -0.1) is 0 Å². The predicted molar refractivity (Wildman–Crippen MR) is 52.6 cm³/mol. The molecule has 0 aromatic carbocycles. The van der Waals surface area contributed by atoms with E-state index in [9.17, 15) is 0 Å². The second-order valence-electron chi connectivity index (χ2n) is 4.11. The minimum absolute atomic E-state index is 0.315. The molecule has 0 aliphatic rings. The normalized spacial score (nSPS) is 16.5. The first-order valence-corrected chi connectivity index (χ1v) is 4.28. The molecule has 0 radical (unpaired) electrons. The van der Waals surface area contributed by atoms with Gasteiger partial charge in [0, 0.05) is 0 Å². The summed E-state index contributed by atoms with van der Waals surface area (Å²) in [5, 5.41) is 0. The first-order chi connectivity index (χ1) is 4.95. The van der Waals surface area contributed by atoms with E-state index >= 15 is 0 Å². The molecule has 1 unspecified atom stereocenters. The van der Waals surface area contributed by atoms with Crippen LogP contribution in [0.4, 0.5) is 0 Å². The molecule has 0 nitrogen and oxygen atoms in total. The minimum atomic E-state index is 0.315. The lowest BCUT2D eigenvalue weighted by molar-refractivity contribution is 0.540. The summed E-state index contributed by atoms with van der Waals surface area (Å²) in [5.74, 6) is 0.569. The van der Waals surface area contributed by atoms with Crippen molar-refractivity contribution in [3.05, 3.63) is 24.3 Å². The summed E-state index contributed by atoms with van der Waals surface area (Å²) in [7, 11) is 0. The Morgan fingerprint density at radius 3 is 2.00 bits per heavy atom. The Bertz CT molecular complexity index is 144. The monoisotopic (exact) mass is 152 g/mol. The summed E-state index contributed by atoms with van der Waals surface area (Å²) < 4.78 is 0. The molecule has 0 aliphatic heterocycles. The van der Waals surface area contributed by atoms with Gasteiger partial charge in [-0.05, 0) is 18.3 Å². The molecule has 0 saturated heterocycles. The first kappa shape index (κ1) is 10.5. The predicted octanol–water partition coefficient (Wildman–Crippen LogP) is 3.80. The van der Waals surface area contributed by atoms with Crippen LogP contribution < -0.4 is 0 Å². The molecular weight excluding hydrogens is 132 g/mol. The molecule has 0 bridgehead atoms. The summed E-state index contributed by atoms with van der Waals surface area (Å²) in [6.45, 7) is 10.9. The van der Waals surface area contributed by atoms with Gasteiger partial charge >= 0.3 is 0 Å². The zero-order chi connectivity index (χ0) is 8.91. The molecule has 0 heteroatoms. The molecule has 0 aromatic heterocycles. The van der Waals surface area contributed by atoms with Crippen molar-refractivity contribution in [2.24, 2.45) is 11.3 Å². The summed E-state index contributed by atoms with van der Waals surface area (Å²) in [6, 6.07) is 0. The van der Waals surface area contributed by atoms with Crippen molar-refractivity contribution < 1.29 is 0 Å². The van der Waals surface area contributed by atoms with Crippen LogP contribution in [0.3, 0.4) is 0 Å². The highest BCUT2D eigenvalue weighted by atomic mass is 14.1. The highest BCUT2D eigenvalue weighted by molar-refractivity contribution is 5.01. The average molecular weight is 152 g/mol. The van der Waals surface area contributed by atoms with Crippen LogP contribution >= 0.6 is 0 Å². The topological polar surface area (TPSA) is 0 Å². The van der Waals surface area contributed by atoms with Crippen molar-refractivity contribution >= 4 is 0 Å². The second kappa shape index (κ2) is 4.38. The summed E-state index contributed by atoms with van der Waals surface area (Å²) in [4.78, 5) is 0. The summed E-state index contributed by atoms with van der Waals surface area (Å²) in [5.41, 5.74) is 0.315. The van der Waals surface area contributed by atoms with Gasteiger partial charge in [0.05, 0.1) is 0 Å². The van der Waals surface area contributed by atoms with Gasteiger partial charge in [0.1, 0.15) is 0 Å². The summed E-state index contributed by atoms with van der Waals surface area (Å²) in [6.07, 6.45) is 8.80. The van der Waals surface area contributed by atoms with E-state index in [0.717, 1.165) is 0 Å². The number of rotatable bonds is 2. The van der Waals surface area contributed by atoms with Gasteiger partial charge in [-0.25, -0.2) is 0 Å². The standard InChI is InChI=1S/C11H20/c1-6-7-10(2)8-9-11(3,4)5/h6-10H,1-5H3/b7-6+,9-8+. The molecule has 0 fully saturated rings. The Balaban J connectivity index is 3.93. The lowest BCUT2D eigenvalue weighted by atomic mass is 9.94. The van der Waals surface area contributed by atoms with E-state index in [1.54, 1.807) is 0 Å². The molecule has 1 atom stereocenters. The molecule has 64 valence electrons. The highest BCUT2D eigenvalue weighted by Gasteiger charge is 2.03. The second-order valence-corrected chi connectivity index (χ2v) is 4.11. The van der Waals surface area contributed by atoms with Crippen LogP contribution in [0.1, 0.15) is 34.6 Å². The van der Waals surface area contributed by atoms with Crippen molar-refractivity contribution in [3.8, 4) is 0 Å². The molecule has 0 rings (SSSR count). The van der Waals surface area contributed by atoms with E-state index in [1.165, 1.54) is 0 Å². The molecule has 0 N–H and O–H groups in total. The molecule has 11 heavy (non-hydrogen) atoms. The number of hydrogen-bond donors (Lipinski definition) is 0. The van der Waals surface area contributed by atoms with Crippen LogP contribution in [0.5, 0.6) is 0 Å². The van der Waals surface area contributed by atoms with Crippen LogP contribution in [0.2, 0.25) is 0 Å². The van der Waals surface area contributed by atoms with Crippen LogP contribution in [-0.4, -0.2) is 0 Å². The third-order valence-electron chi connectivity index (χ3n) is 1.40. The fraction of sp³-hybridized carbons (Fsp3) is 0.636. The van der Waals surface area contributed by atoms with Crippen molar-refractivity contribution in [2.75, 3.05) is 0 Å². The summed E-state index contributed by atoms with van der Waals surface area (Å²) >= 11 is 0.